The van der Waals surface area contributed by atoms with Gasteiger partial charge in [0, 0.05) is 4.75 Å². The number of hydrogen-bond donors (Lipinski definition) is 1. The first kappa shape index (κ1) is 23.7. The zero-order chi connectivity index (χ0) is 20.6. The zero-order valence-electron chi connectivity index (χ0n) is 19.1. The Morgan fingerprint density at radius 1 is 1.07 bits per heavy atom. The van der Waals surface area contributed by atoms with Gasteiger partial charge >= 0.3 is 0 Å². The number of fused-ring (bicyclic) bond motifs is 1. The molecular formula is C22H44O3SSi. The Bertz CT molecular complexity index is 458. The third kappa shape index (κ3) is 4.96. The minimum absolute atomic E-state index is 0.150. The van der Waals surface area contributed by atoms with E-state index in [-0.39, 0.29) is 16.3 Å². The van der Waals surface area contributed by atoms with Gasteiger partial charge in [0.1, 0.15) is 11.5 Å². The lowest BCUT2D eigenvalue weighted by Gasteiger charge is -2.51. The minimum Gasteiger partial charge on any atom is -0.413 e. The molecule has 160 valence electrons. The lowest BCUT2D eigenvalue weighted by Crippen LogP contribution is -2.54. The van der Waals surface area contributed by atoms with Crippen molar-refractivity contribution in [2.75, 3.05) is 6.61 Å². The molecule has 1 N–H and O–H groups in total. The van der Waals surface area contributed by atoms with Crippen LogP contribution in [-0.2, 0) is 9.16 Å². The van der Waals surface area contributed by atoms with Crippen molar-refractivity contribution in [1.82, 2.24) is 0 Å². The molecule has 0 bridgehead atoms. The molecule has 2 aliphatic rings. The fourth-order valence-electron chi connectivity index (χ4n) is 5.84. The van der Waals surface area contributed by atoms with E-state index in [4.69, 9.17) is 9.16 Å². The first-order chi connectivity index (χ1) is 12.4. The van der Waals surface area contributed by atoms with Crippen molar-refractivity contribution in [3.63, 3.8) is 0 Å². The summed E-state index contributed by atoms with van der Waals surface area (Å²) in [5, 5.41) is 11.0. The second-order valence-electron chi connectivity index (χ2n) is 10.5. The van der Waals surface area contributed by atoms with E-state index in [1.54, 1.807) is 0 Å². The second-order valence-corrected chi connectivity index (χ2v) is 17.7. The third-order valence-corrected chi connectivity index (χ3v) is 14.8. The van der Waals surface area contributed by atoms with Crippen molar-refractivity contribution in [2.24, 2.45) is 11.8 Å². The predicted octanol–water partition coefficient (Wildman–Crippen LogP) is 6.21. The summed E-state index contributed by atoms with van der Waals surface area (Å²) in [6.45, 7) is 21.2. The van der Waals surface area contributed by atoms with Crippen LogP contribution in [0, 0.1) is 11.8 Å². The van der Waals surface area contributed by atoms with Crippen LogP contribution >= 0.6 is 11.8 Å². The van der Waals surface area contributed by atoms with Gasteiger partial charge in [-0.05, 0) is 41.3 Å². The maximum atomic E-state index is 11.0. The number of thioether (sulfide) groups is 1. The number of ether oxygens (including phenoxy) is 1. The molecule has 1 unspecified atom stereocenters. The van der Waals surface area contributed by atoms with Crippen LogP contribution in [0.15, 0.2) is 0 Å². The molecule has 1 saturated heterocycles. The molecular weight excluding hydrogens is 372 g/mol. The van der Waals surface area contributed by atoms with Crippen molar-refractivity contribution in [3.8, 4) is 0 Å². The highest BCUT2D eigenvalue weighted by Crippen LogP contribution is 2.51. The van der Waals surface area contributed by atoms with Crippen molar-refractivity contribution < 1.29 is 14.3 Å². The normalized spacial score (nSPS) is 32.8. The minimum atomic E-state index is -1.96. The van der Waals surface area contributed by atoms with Gasteiger partial charge in [0.25, 0.3) is 0 Å². The molecule has 0 spiro atoms. The molecule has 0 aromatic carbocycles. The van der Waals surface area contributed by atoms with Crippen LogP contribution in [0.25, 0.3) is 0 Å². The molecule has 3 nitrogen and oxygen atoms in total. The summed E-state index contributed by atoms with van der Waals surface area (Å²) in [7, 11) is -1.96. The lowest BCUT2D eigenvalue weighted by atomic mass is 9.75. The second kappa shape index (κ2) is 9.07. The molecule has 0 aromatic heterocycles. The Balaban J connectivity index is 2.07. The summed E-state index contributed by atoms with van der Waals surface area (Å²) >= 11 is 1.82. The molecule has 1 saturated carbocycles. The Hall–Kier alpha value is 0.447. The maximum Gasteiger partial charge on any atom is 0.200 e. The number of rotatable bonds is 7. The average molecular weight is 417 g/mol. The topological polar surface area (TPSA) is 38.7 Å². The monoisotopic (exact) mass is 416 g/mol. The van der Waals surface area contributed by atoms with Crippen molar-refractivity contribution in [2.45, 2.75) is 121 Å². The number of aliphatic hydroxyl groups excluding tert-OH is 1. The SMILES string of the molecule is CC(C)[Si](OCC(O)[C@@H]1O[C@@H]2C[C@H](C)CC[C@H]2C(C)(C)S1)(C(C)C)C(C)C. The molecule has 0 aromatic rings. The van der Waals surface area contributed by atoms with Gasteiger partial charge in [-0.3, -0.25) is 0 Å². The Morgan fingerprint density at radius 2 is 1.63 bits per heavy atom. The van der Waals surface area contributed by atoms with Crippen LogP contribution in [0.2, 0.25) is 16.6 Å². The van der Waals surface area contributed by atoms with Crippen LogP contribution in [0.5, 0.6) is 0 Å². The first-order valence-electron chi connectivity index (χ1n) is 11.1. The van der Waals surface area contributed by atoms with E-state index in [2.05, 4.69) is 62.3 Å². The van der Waals surface area contributed by atoms with Gasteiger partial charge in [0.05, 0.1) is 12.7 Å². The van der Waals surface area contributed by atoms with Gasteiger partial charge in [0.15, 0.2) is 8.32 Å². The van der Waals surface area contributed by atoms with Crippen molar-refractivity contribution >= 4 is 20.1 Å². The molecule has 2 rings (SSSR count). The Morgan fingerprint density at radius 3 is 2.15 bits per heavy atom. The standard InChI is InChI=1S/C22H44O3SSi/c1-14(2)27(15(3)4,16(5)6)24-13-19(23)21-25-20-12-17(7)10-11-18(20)22(8,9)26-21/h14-21,23H,10-13H2,1-9H3/t17-,18-,19?,20-,21-/m1/s1. The summed E-state index contributed by atoms with van der Waals surface area (Å²) < 4.78 is 13.3. The summed E-state index contributed by atoms with van der Waals surface area (Å²) in [5.74, 6) is 1.32. The molecule has 5 heteroatoms. The van der Waals surface area contributed by atoms with Gasteiger partial charge < -0.3 is 14.3 Å². The van der Waals surface area contributed by atoms with Gasteiger partial charge in [0.2, 0.25) is 0 Å². The van der Waals surface area contributed by atoms with Crippen molar-refractivity contribution in [3.05, 3.63) is 0 Å². The van der Waals surface area contributed by atoms with Gasteiger partial charge in [-0.25, -0.2) is 0 Å². The number of hydrogen-bond acceptors (Lipinski definition) is 4. The van der Waals surface area contributed by atoms with Crippen LogP contribution in [0.4, 0.5) is 0 Å². The largest absolute Gasteiger partial charge is 0.413 e. The lowest BCUT2D eigenvalue weighted by molar-refractivity contribution is -0.100. The summed E-state index contributed by atoms with van der Waals surface area (Å²) in [5.41, 5.74) is 1.42. The molecule has 5 atom stereocenters. The molecule has 1 aliphatic heterocycles. The maximum absolute atomic E-state index is 11.0. The van der Waals surface area contributed by atoms with E-state index in [0.717, 1.165) is 12.3 Å². The van der Waals surface area contributed by atoms with E-state index in [1.165, 1.54) is 12.8 Å². The highest BCUT2D eigenvalue weighted by atomic mass is 32.2. The molecule has 2 fully saturated rings. The Kier molecular flexibility index (Phi) is 7.97. The summed E-state index contributed by atoms with van der Waals surface area (Å²) in [4.78, 5) is 0. The van der Waals surface area contributed by atoms with Crippen LogP contribution in [-0.4, -0.2) is 42.4 Å². The molecule has 1 aliphatic carbocycles. The van der Waals surface area contributed by atoms with Crippen LogP contribution < -0.4 is 0 Å². The van der Waals surface area contributed by atoms with Gasteiger partial charge in [-0.1, -0.05) is 68.7 Å². The molecule has 27 heavy (non-hydrogen) atoms. The fraction of sp³-hybridized carbons (Fsp3) is 1.00. The van der Waals surface area contributed by atoms with Gasteiger partial charge in [-0.2, -0.15) is 0 Å². The van der Waals surface area contributed by atoms with Crippen LogP contribution in [0.3, 0.4) is 0 Å². The first-order valence-corrected chi connectivity index (χ1v) is 14.1. The van der Waals surface area contributed by atoms with E-state index >= 15 is 0 Å². The van der Waals surface area contributed by atoms with Crippen molar-refractivity contribution in [1.29, 1.82) is 0 Å². The quantitative estimate of drug-likeness (QED) is 0.501. The molecule has 0 radical (unpaired) electrons. The average Bonchev–Trinajstić information content (AvgIpc) is 2.52. The van der Waals surface area contributed by atoms with Gasteiger partial charge in [-0.15, -0.1) is 11.8 Å². The van der Waals surface area contributed by atoms with E-state index in [1.807, 2.05) is 11.8 Å². The summed E-state index contributed by atoms with van der Waals surface area (Å²) in [6, 6.07) is 0. The zero-order valence-corrected chi connectivity index (χ0v) is 20.9. The summed E-state index contributed by atoms with van der Waals surface area (Å²) in [6.07, 6.45) is 3.40. The smallest absolute Gasteiger partial charge is 0.200 e. The third-order valence-electron chi connectivity index (χ3n) is 7.20. The van der Waals surface area contributed by atoms with E-state index < -0.39 is 14.4 Å². The molecule has 0 amide bonds. The van der Waals surface area contributed by atoms with E-state index in [0.29, 0.717) is 29.1 Å². The highest BCUT2D eigenvalue weighted by molar-refractivity contribution is 8.01. The van der Waals surface area contributed by atoms with Crippen LogP contribution in [0.1, 0.15) is 81.6 Å². The predicted molar refractivity (Wildman–Crippen MR) is 120 cm³/mol. The van der Waals surface area contributed by atoms with E-state index in [9.17, 15) is 5.11 Å². The fourth-order valence-corrected chi connectivity index (χ4v) is 12.8. The highest BCUT2D eigenvalue weighted by Gasteiger charge is 2.49. The number of aliphatic hydroxyl groups is 1. The molecule has 1 heterocycles. The Labute approximate surface area is 173 Å².